The van der Waals surface area contributed by atoms with Crippen LogP contribution in [0.2, 0.25) is 0 Å². The molecule has 1 saturated heterocycles. The first-order valence-corrected chi connectivity index (χ1v) is 8.34. The molecule has 2 heterocycles. The van der Waals surface area contributed by atoms with Gasteiger partial charge in [-0.3, -0.25) is 4.90 Å². The third-order valence-electron chi connectivity index (χ3n) is 4.51. The molecule has 0 saturated carbocycles. The number of aliphatic hydroxyl groups is 1. The minimum atomic E-state index is -0.702. The van der Waals surface area contributed by atoms with Gasteiger partial charge in [0.25, 0.3) is 0 Å². The van der Waals surface area contributed by atoms with Gasteiger partial charge in [-0.15, -0.1) is 0 Å². The molecule has 1 N–H and O–H groups in total. The summed E-state index contributed by atoms with van der Waals surface area (Å²) in [5.41, 5.74) is 0.577. The smallest absolute Gasteiger partial charge is 0.240 e. The fourth-order valence-electron chi connectivity index (χ4n) is 3.35. The summed E-state index contributed by atoms with van der Waals surface area (Å²) >= 11 is 0. The van der Waals surface area contributed by atoms with E-state index < -0.39 is 5.60 Å². The van der Waals surface area contributed by atoms with Crippen molar-refractivity contribution in [3.05, 3.63) is 47.6 Å². The van der Waals surface area contributed by atoms with Crippen LogP contribution < -0.4 is 0 Å². The molecule has 0 spiro atoms. The lowest BCUT2D eigenvalue weighted by Crippen LogP contribution is -2.45. The molecule has 124 valence electrons. The van der Waals surface area contributed by atoms with E-state index in [2.05, 4.69) is 27.2 Å². The zero-order valence-corrected chi connectivity index (χ0v) is 13.9. The molecule has 1 aliphatic heterocycles. The van der Waals surface area contributed by atoms with Crippen molar-refractivity contribution in [1.82, 2.24) is 15.0 Å². The van der Waals surface area contributed by atoms with Gasteiger partial charge in [-0.2, -0.15) is 4.98 Å². The predicted octanol–water partition coefficient (Wildman–Crippen LogP) is 2.59. The lowest BCUT2D eigenvalue weighted by molar-refractivity contribution is -0.00774. The Bertz CT molecular complexity index is 619. The van der Waals surface area contributed by atoms with Gasteiger partial charge < -0.3 is 9.63 Å². The maximum Gasteiger partial charge on any atom is 0.240 e. The first-order valence-electron chi connectivity index (χ1n) is 8.34. The Morgan fingerprint density at radius 3 is 2.78 bits per heavy atom. The number of aryl methyl sites for hydroxylation is 2. The average molecular weight is 315 g/mol. The molecule has 3 rings (SSSR count). The summed E-state index contributed by atoms with van der Waals surface area (Å²) in [6.45, 7) is 5.33. The summed E-state index contributed by atoms with van der Waals surface area (Å²) in [5.74, 6) is 1.40. The molecule has 2 aromatic rings. The van der Waals surface area contributed by atoms with Crippen LogP contribution in [0.15, 0.2) is 34.9 Å². The lowest BCUT2D eigenvalue weighted by atomic mass is 9.97. The van der Waals surface area contributed by atoms with E-state index in [4.69, 9.17) is 4.52 Å². The molecule has 5 nitrogen and oxygen atoms in total. The molecule has 23 heavy (non-hydrogen) atoms. The van der Waals surface area contributed by atoms with Crippen molar-refractivity contribution >= 4 is 0 Å². The van der Waals surface area contributed by atoms with Gasteiger partial charge in [-0.05, 0) is 45.2 Å². The van der Waals surface area contributed by atoms with E-state index in [-0.39, 0.29) is 6.04 Å². The second-order valence-electron chi connectivity index (χ2n) is 6.87. The van der Waals surface area contributed by atoms with Gasteiger partial charge in [0, 0.05) is 12.5 Å². The molecule has 1 unspecified atom stereocenters. The molecule has 0 bridgehead atoms. The zero-order valence-electron chi connectivity index (χ0n) is 13.9. The second kappa shape index (κ2) is 6.81. The number of nitrogens with zero attached hydrogens (tertiary/aromatic N) is 3. The first-order chi connectivity index (χ1) is 11.0. The Hall–Kier alpha value is -1.72. The van der Waals surface area contributed by atoms with Crippen molar-refractivity contribution in [1.29, 1.82) is 0 Å². The van der Waals surface area contributed by atoms with Crippen LogP contribution in [0.1, 0.15) is 44.0 Å². The molecule has 5 heteroatoms. The molecule has 1 fully saturated rings. The highest BCUT2D eigenvalue weighted by Gasteiger charge is 2.36. The van der Waals surface area contributed by atoms with E-state index in [1.165, 1.54) is 5.56 Å². The summed E-state index contributed by atoms with van der Waals surface area (Å²) < 4.78 is 5.39. The van der Waals surface area contributed by atoms with Gasteiger partial charge in [0.2, 0.25) is 5.89 Å². The quantitative estimate of drug-likeness (QED) is 0.888. The monoisotopic (exact) mass is 315 g/mol. The zero-order chi connectivity index (χ0) is 16.3. The largest absolute Gasteiger partial charge is 0.389 e. The van der Waals surface area contributed by atoms with Crippen molar-refractivity contribution < 1.29 is 9.63 Å². The average Bonchev–Trinajstić information content (AvgIpc) is 3.15. The summed E-state index contributed by atoms with van der Waals surface area (Å²) in [4.78, 5) is 6.75. The molecule has 0 amide bonds. The maximum absolute atomic E-state index is 10.3. The fraction of sp³-hybridized carbons (Fsp3) is 0.556. The topological polar surface area (TPSA) is 62.4 Å². The third-order valence-corrected chi connectivity index (χ3v) is 4.51. The van der Waals surface area contributed by atoms with Crippen LogP contribution in [0, 0.1) is 0 Å². The summed E-state index contributed by atoms with van der Waals surface area (Å²) in [6, 6.07) is 10.5. The van der Waals surface area contributed by atoms with Crippen molar-refractivity contribution in [2.24, 2.45) is 0 Å². The number of aromatic nitrogens is 2. The van der Waals surface area contributed by atoms with Gasteiger partial charge in [0.1, 0.15) is 0 Å². The molecule has 1 aliphatic rings. The van der Waals surface area contributed by atoms with Crippen LogP contribution in [0.5, 0.6) is 0 Å². The maximum atomic E-state index is 10.3. The minimum Gasteiger partial charge on any atom is -0.389 e. The van der Waals surface area contributed by atoms with Gasteiger partial charge in [-0.1, -0.05) is 35.5 Å². The molecule has 1 atom stereocenters. The molecule has 1 aromatic carbocycles. The highest BCUT2D eigenvalue weighted by Crippen LogP contribution is 2.27. The van der Waals surface area contributed by atoms with E-state index in [1.54, 1.807) is 0 Å². The molecule has 0 aliphatic carbocycles. The van der Waals surface area contributed by atoms with Crippen molar-refractivity contribution in [3.8, 4) is 0 Å². The lowest BCUT2D eigenvalue weighted by Gasteiger charge is -2.32. The third kappa shape index (κ3) is 4.18. The minimum absolute atomic E-state index is 0.155. The normalized spacial score (nSPS) is 19.3. The fourth-order valence-corrected chi connectivity index (χ4v) is 3.35. The Balaban J connectivity index is 1.57. The van der Waals surface area contributed by atoms with Gasteiger partial charge in [0.05, 0.1) is 12.1 Å². The molecular formula is C18H25N3O2. The second-order valence-corrected chi connectivity index (χ2v) is 6.87. The van der Waals surface area contributed by atoms with Crippen molar-refractivity contribution in [2.75, 3.05) is 6.54 Å². The Labute approximate surface area is 137 Å². The van der Waals surface area contributed by atoms with Crippen LogP contribution in [0.3, 0.4) is 0 Å². The van der Waals surface area contributed by atoms with Gasteiger partial charge in [-0.25, -0.2) is 0 Å². The highest BCUT2D eigenvalue weighted by molar-refractivity contribution is 5.15. The first kappa shape index (κ1) is 16.1. The van der Waals surface area contributed by atoms with Crippen LogP contribution in [-0.2, 0) is 19.4 Å². The van der Waals surface area contributed by atoms with E-state index in [1.807, 2.05) is 32.0 Å². The molecule has 0 radical (unpaired) electrons. The van der Waals surface area contributed by atoms with Crippen LogP contribution in [-0.4, -0.2) is 38.3 Å². The summed E-state index contributed by atoms with van der Waals surface area (Å²) in [5, 5.41) is 14.4. The molecular weight excluding hydrogens is 290 g/mol. The van der Waals surface area contributed by atoms with Crippen LogP contribution >= 0.6 is 0 Å². The Kier molecular flexibility index (Phi) is 4.78. The van der Waals surface area contributed by atoms with Crippen molar-refractivity contribution in [2.45, 2.75) is 57.7 Å². The number of likely N-dealkylation sites (tertiary alicyclic amines) is 1. The SMILES string of the molecule is CC(C)(O)C1CCCN1Cc1nc(CCc2ccccc2)no1. The number of hydrogen-bond acceptors (Lipinski definition) is 5. The highest BCUT2D eigenvalue weighted by atomic mass is 16.5. The van der Waals surface area contributed by atoms with Crippen LogP contribution in [0.25, 0.3) is 0 Å². The van der Waals surface area contributed by atoms with E-state index >= 15 is 0 Å². The van der Waals surface area contributed by atoms with E-state index in [0.717, 1.165) is 38.1 Å². The van der Waals surface area contributed by atoms with Gasteiger partial charge >= 0.3 is 0 Å². The number of hydrogen-bond donors (Lipinski definition) is 1. The van der Waals surface area contributed by atoms with Crippen LogP contribution in [0.4, 0.5) is 0 Å². The standard InChI is InChI=1S/C18H25N3O2/c1-18(2,22)15-9-6-12-21(15)13-17-19-16(20-23-17)11-10-14-7-4-3-5-8-14/h3-5,7-8,15,22H,6,9-13H2,1-2H3. The summed E-state index contributed by atoms with van der Waals surface area (Å²) in [7, 11) is 0. The van der Waals surface area contributed by atoms with E-state index in [9.17, 15) is 5.11 Å². The van der Waals surface area contributed by atoms with Gasteiger partial charge in [0.15, 0.2) is 5.82 Å². The predicted molar refractivity (Wildman–Crippen MR) is 87.9 cm³/mol. The number of benzene rings is 1. The molecule has 1 aromatic heterocycles. The van der Waals surface area contributed by atoms with Crippen molar-refractivity contribution in [3.63, 3.8) is 0 Å². The number of rotatable bonds is 6. The van der Waals surface area contributed by atoms with E-state index in [0.29, 0.717) is 12.4 Å². The Morgan fingerprint density at radius 2 is 2.04 bits per heavy atom. The summed E-state index contributed by atoms with van der Waals surface area (Å²) in [6.07, 6.45) is 3.81. The Morgan fingerprint density at radius 1 is 1.26 bits per heavy atom.